The van der Waals surface area contributed by atoms with Crippen LogP contribution in [0.2, 0.25) is 0 Å². The number of aryl methyl sites for hydroxylation is 1. The highest BCUT2D eigenvalue weighted by Gasteiger charge is 2.34. The Bertz CT molecular complexity index is 863. The van der Waals surface area contributed by atoms with Gasteiger partial charge in [0, 0.05) is 41.9 Å². The van der Waals surface area contributed by atoms with Crippen LogP contribution in [0.4, 0.5) is 0 Å². The maximum Gasteiger partial charge on any atom is 0.155 e. The molecule has 2 aliphatic heterocycles. The molecule has 3 aromatic rings. The Kier molecular flexibility index (Phi) is 2.47. The van der Waals surface area contributed by atoms with Crippen molar-refractivity contribution < 1.29 is 0 Å². The third-order valence-corrected chi connectivity index (χ3v) is 5.02. The van der Waals surface area contributed by atoms with Crippen LogP contribution in [0.25, 0.3) is 16.9 Å². The third kappa shape index (κ3) is 1.74. The molecule has 0 radical (unpaired) electrons. The van der Waals surface area contributed by atoms with E-state index in [0.717, 1.165) is 23.3 Å². The van der Waals surface area contributed by atoms with Crippen LogP contribution in [0.3, 0.4) is 0 Å². The highest BCUT2D eigenvalue weighted by atomic mass is 15.3. The summed E-state index contributed by atoms with van der Waals surface area (Å²) in [5.74, 6) is 0. The number of rotatable bonds is 1. The van der Waals surface area contributed by atoms with E-state index in [4.69, 9.17) is 5.10 Å². The molecule has 0 amide bonds. The molecule has 4 heteroatoms. The molecule has 0 aliphatic carbocycles. The van der Waals surface area contributed by atoms with Gasteiger partial charge >= 0.3 is 0 Å². The van der Waals surface area contributed by atoms with E-state index in [1.807, 2.05) is 6.20 Å². The molecule has 5 rings (SSSR count). The lowest BCUT2D eigenvalue weighted by molar-refractivity contribution is 0.496. The zero-order valence-electron chi connectivity index (χ0n) is 12.6. The Morgan fingerprint density at radius 2 is 2.05 bits per heavy atom. The summed E-state index contributed by atoms with van der Waals surface area (Å²) in [6.45, 7) is 2.11. The SMILES string of the molecule is Cc1ccc(-c2cc3ncc4c(n3n2)C[C@H]2CC[C@@H]4N2)cc1. The van der Waals surface area contributed by atoms with Crippen LogP contribution < -0.4 is 5.32 Å². The van der Waals surface area contributed by atoms with E-state index in [2.05, 4.69) is 52.1 Å². The van der Waals surface area contributed by atoms with E-state index in [1.165, 1.54) is 29.7 Å². The van der Waals surface area contributed by atoms with Crippen molar-refractivity contribution in [1.82, 2.24) is 19.9 Å². The number of hydrogen-bond acceptors (Lipinski definition) is 3. The van der Waals surface area contributed by atoms with Crippen molar-refractivity contribution in [2.75, 3.05) is 0 Å². The topological polar surface area (TPSA) is 42.2 Å². The highest BCUT2D eigenvalue weighted by molar-refractivity contribution is 5.64. The van der Waals surface area contributed by atoms with Gasteiger partial charge in [-0.15, -0.1) is 0 Å². The Morgan fingerprint density at radius 3 is 2.91 bits per heavy atom. The van der Waals surface area contributed by atoms with Gasteiger partial charge in [0.05, 0.1) is 11.4 Å². The number of aromatic nitrogens is 3. The maximum atomic E-state index is 4.85. The molecule has 4 heterocycles. The maximum absolute atomic E-state index is 4.85. The number of fused-ring (bicyclic) bond motifs is 6. The third-order valence-electron chi connectivity index (χ3n) is 5.02. The van der Waals surface area contributed by atoms with Crippen LogP contribution in [-0.2, 0) is 6.42 Å². The van der Waals surface area contributed by atoms with Crippen molar-refractivity contribution in [3.63, 3.8) is 0 Å². The number of benzene rings is 1. The van der Waals surface area contributed by atoms with Crippen LogP contribution in [0.1, 0.15) is 35.7 Å². The minimum Gasteiger partial charge on any atom is -0.307 e. The molecule has 1 aromatic carbocycles. The molecule has 1 N–H and O–H groups in total. The average molecular weight is 290 g/mol. The van der Waals surface area contributed by atoms with Gasteiger partial charge in [0.1, 0.15) is 0 Å². The quantitative estimate of drug-likeness (QED) is 0.749. The Morgan fingerprint density at radius 1 is 1.18 bits per heavy atom. The molecule has 4 nitrogen and oxygen atoms in total. The monoisotopic (exact) mass is 290 g/mol. The van der Waals surface area contributed by atoms with E-state index >= 15 is 0 Å². The number of nitrogens with one attached hydrogen (secondary N) is 1. The molecule has 0 saturated carbocycles. The lowest BCUT2D eigenvalue weighted by Crippen LogP contribution is -2.33. The second kappa shape index (κ2) is 4.40. The summed E-state index contributed by atoms with van der Waals surface area (Å²) < 4.78 is 2.07. The lowest BCUT2D eigenvalue weighted by Gasteiger charge is -2.24. The van der Waals surface area contributed by atoms with Crippen LogP contribution in [-0.4, -0.2) is 20.6 Å². The summed E-state index contributed by atoms with van der Waals surface area (Å²) in [6, 6.07) is 11.7. The molecule has 2 aliphatic rings. The predicted molar refractivity (Wildman–Crippen MR) is 85.8 cm³/mol. The van der Waals surface area contributed by atoms with E-state index in [1.54, 1.807) is 0 Å². The lowest BCUT2D eigenvalue weighted by atomic mass is 10.0. The zero-order valence-corrected chi connectivity index (χ0v) is 12.6. The van der Waals surface area contributed by atoms with Crippen LogP contribution in [0, 0.1) is 6.92 Å². The number of hydrogen-bond donors (Lipinski definition) is 1. The molecule has 22 heavy (non-hydrogen) atoms. The van der Waals surface area contributed by atoms with E-state index in [9.17, 15) is 0 Å². The van der Waals surface area contributed by atoms with Gasteiger partial charge in [-0.3, -0.25) is 0 Å². The van der Waals surface area contributed by atoms with Gasteiger partial charge in [-0.25, -0.2) is 9.50 Å². The molecular weight excluding hydrogens is 272 g/mol. The van der Waals surface area contributed by atoms with Gasteiger partial charge in [-0.05, 0) is 19.8 Å². The molecule has 110 valence electrons. The molecule has 0 unspecified atom stereocenters. The smallest absolute Gasteiger partial charge is 0.155 e. The standard InChI is InChI=1S/C18H18N4/c1-11-2-4-12(5-3-11)16-9-18-19-10-14-15-7-6-13(20-15)8-17(14)22(18)21-16/h2-5,9-10,13,15,20H,6-8H2,1H3/t13-,15+/m1/s1. The summed E-state index contributed by atoms with van der Waals surface area (Å²) in [6.07, 6.45) is 5.58. The van der Waals surface area contributed by atoms with Crippen LogP contribution in [0.5, 0.6) is 0 Å². The van der Waals surface area contributed by atoms with Gasteiger partial charge < -0.3 is 5.32 Å². The van der Waals surface area contributed by atoms with E-state index in [-0.39, 0.29) is 0 Å². The van der Waals surface area contributed by atoms with E-state index < -0.39 is 0 Å². The van der Waals surface area contributed by atoms with Gasteiger partial charge in [-0.1, -0.05) is 29.8 Å². The van der Waals surface area contributed by atoms with Crippen molar-refractivity contribution >= 4 is 5.65 Å². The fraction of sp³-hybridized carbons (Fsp3) is 0.333. The average Bonchev–Trinajstić information content (AvgIpc) is 3.13. The highest BCUT2D eigenvalue weighted by Crippen LogP contribution is 2.35. The first-order valence-corrected chi connectivity index (χ1v) is 7.98. The molecule has 0 spiro atoms. The van der Waals surface area contributed by atoms with Crippen molar-refractivity contribution in [1.29, 1.82) is 0 Å². The van der Waals surface area contributed by atoms with Gasteiger partial charge in [0.15, 0.2) is 5.65 Å². The van der Waals surface area contributed by atoms with Crippen LogP contribution in [0.15, 0.2) is 36.5 Å². The van der Waals surface area contributed by atoms with Gasteiger partial charge in [-0.2, -0.15) is 5.10 Å². The fourth-order valence-electron chi connectivity index (χ4n) is 3.81. The largest absolute Gasteiger partial charge is 0.307 e. The summed E-state index contributed by atoms with van der Waals surface area (Å²) in [7, 11) is 0. The van der Waals surface area contributed by atoms with Crippen molar-refractivity contribution in [3.05, 3.63) is 53.3 Å². The minimum atomic E-state index is 0.470. The summed E-state index contributed by atoms with van der Waals surface area (Å²) >= 11 is 0. The van der Waals surface area contributed by atoms with Crippen molar-refractivity contribution in [3.8, 4) is 11.3 Å². The van der Waals surface area contributed by atoms with Gasteiger partial charge in [0.25, 0.3) is 0 Å². The zero-order chi connectivity index (χ0) is 14.7. The summed E-state index contributed by atoms with van der Waals surface area (Å²) in [4.78, 5) is 4.64. The normalized spacial score (nSPS) is 23.0. The molecular formula is C18H18N4. The first-order chi connectivity index (χ1) is 10.8. The van der Waals surface area contributed by atoms with Crippen molar-refractivity contribution in [2.24, 2.45) is 0 Å². The first kappa shape index (κ1) is 12.4. The molecule has 2 aromatic heterocycles. The van der Waals surface area contributed by atoms with Crippen LogP contribution >= 0.6 is 0 Å². The fourth-order valence-corrected chi connectivity index (χ4v) is 3.81. The van der Waals surface area contributed by atoms with Gasteiger partial charge in [0.2, 0.25) is 0 Å². The number of nitrogens with zero attached hydrogens (tertiary/aromatic N) is 3. The van der Waals surface area contributed by atoms with Crippen molar-refractivity contribution in [2.45, 2.75) is 38.3 Å². The molecule has 2 bridgehead atoms. The Balaban J connectivity index is 1.68. The molecule has 1 fully saturated rings. The second-order valence-electron chi connectivity index (χ2n) is 6.52. The summed E-state index contributed by atoms with van der Waals surface area (Å²) in [5.41, 5.74) is 7.06. The predicted octanol–water partition coefficient (Wildman–Crippen LogP) is 3.05. The molecule has 2 atom stereocenters. The summed E-state index contributed by atoms with van der Waals surface area (Å²) in [5, 5.41) is 8.52. The van der Waals surface area contributed by atoms with E-state index in [0.29, 0.717) is 12.1 Å². The first-order valence-electron chi connectivity index (χ1n) is 7.98. The molecule has 1 saturated heterocycles. The second-order valence-corrected chi connectivity index (χ2v) is 6.52. The Hall–Kier alpha value is -2.20. The minimum absolute atomic E-state index is 0.470. The Labute approximate surface area is 129 Å².